The molecule has 1 saturated heterocycles. The fourth-order valence-electron chi connectivity index (χ4n) is 3.03. The number of aromatic nitrogens is 1. The number of rotatable bonds is 5. The first-order valence-electron chi connectivity index (χ1n) is 8.72. The monoisotopic (exact) mass is 411 g/mol. The minimum absolute atomic E-state index is 0.00380. The average molecular weight is 412 g/mol. The van der Waals surface area contributed by atoms with Gasteiger partial charge in [-0.25, -0.2) is 17.8 Å². The van der Waals surface area contributed by atoms with E-state index >= 15 is 0 Å². The van der Waals surface area contributed by atoms with E-state index in [1.165, 1.54) is 34.7 Å². The Morgan fingerprint density at radius 1 is 1.37 bits per heavy atom. The number of carbonyl (C=O) groups excluding carboxylic acids is 1. The molecule has 0 aliphatic carbocycles. The Morgan fingerprint density at radius 3 is 2.70 bits per heavy atom. The zero-order valence-corrected chi connectivity index (χ0v) is 16.9. The molecule has 1 aliphatic heterocycles. The summed E-state index contributed by atoms with van der Waals surface area (Å²) in [4.78, 5) is 15.5. The number of thiazole rings is 1. The molecule has 3 rings (SSSR count). The molecule has 146 valence electrons. The smallest absolute Gasteiger partial charge is 0.243 e. The Kier molecular flexibility index (Phi) is 5.92. The first-order chi connectivity index (χ1) is 12.8. The van der Waals surface area contributed by atoms with Crippen LogP contribution in [0.1, 0.15) is 41.9 Å². The number of benzene rings is 1. The molecule has 27 heavy (non-hydrogen) atoms. The van der Waals surface area contributed by atoms with E-state index in [2.05, 4.69) is 10.3 Å². The highest BCUT2D eigenvalue weighted by Gasteiger charge is 2.31. The second-order valence-electron chi connectivity index (χ2n) is 6.68. The van der Waals surface area contributed by atoms with Crippen molar-refractivity contribution < 1.29 is 17.6 Å². The predicted molar refractivity (Wildman–Crippen MR) is 102 cm³/mol. The molecule has 1 aromatic carbocycles. The van der Waals surface area contributed by atoms with Crippen LogP contribution in [0.5, 0.6) is 0 Å². The maximum atomic E-state index is 13.8. The van der Waals surface area contributed by atoms with Crippen molar-refractivity contribution in [2.45, 2.75) is 44.0 Å². The molecular formula is C18H22FN3O3S2. The van der Waals surface area contributed by atoms with Gasteiger partial charge in [0, 0.05) is 31.3 Å². The van der Waals surface area contributed by atoms with Crippen molar-refractivity contribution in [2.24, 2.45) is 0 Å². The minimum Gasteiger partial charge on any atom is -0.351 e. The van der Waals surface area contributed by atoms with E-state index in [0.717, 1.165) is 16.8 Å². The summed E-state index contributed by atoms with van der Waals surface area (Å²) < 4.78 is 40.7. The van der Waals surface area contributed by atoms with Gasteiger partial charge in [0.15, 0.2) is 0 Å². The van der Waals surface area contributed by atoms with Crippen LogP contribution >= 0.6 is 11.3 Å². The summed E-state index contributed by atoms with van der Waals surface area (Å²) in [6.07, 6.45) is 1.33. The first-order valence-corrected chi connectivity index (χ1v) is 11.0. The quantitative estimate of drug-likeness (QED) is 0.821. The molecule has 1 amide bonds. The minimum atomic E-state index is -3.69. The molecule has 0 saturated carbocycles. The lowest BCUT2D eigenvalue weighted by Crippen LogP contribution is -2.37. The van der Waals surface area contributed by atoms with Gasteiger partial charge in [0.25, 0.3) is 0 Å². The van der Waals surface area contributed by atoms with E-state index < -0.39 is 15.8 Å². The van der Waals surface area contributed by atoms with Gasteiger partial charge in [-0.1, -0.05) is 6.07 Å². The summed E-state index contributed by atoms with van der Waals surface area (Å²) in [5.74, 6) is -0.418. The summed E-state index contributed by atoms with van der Waals surface area (Å²) in [5, 5.41) is 5.61. The number of aryl methyl sites for hydroxylation is 1. The largest absolute Gasteiger partial charge is 0.351 e. The highest BCUT2D eigenvalue weighted by molar-refractivity contribution is 7.89. The zero-order valence-electron chi connectivity index (χ0n) is 15.2. The summed E-state index contributed by atoms with van der Waals surface area (Å²) in [6, 6.07) is 4.03. The van der Waals surface area contributed by atoms with Crippen LogP contribution in [0.4, 0.5) is 4.39 Å². The molecule has 0 unspecified atom stereocenters. The Bertz CT molecular complexity index is 935. The Morgan fingerprint density at radius 2 is 2.07 bits per heavy atom. The Labute approximate surface area is 162 Å². The fourth-order valence-corrected chi connectivity index (χ4v) is 5.51. The molecule has 0 bridgehead atoms. The molecule has 1 aliphatic rings. The average Bonchev–Trinajstić information content (AvgIpc) is 3.11. The van der Waals surface area contributed by atoms with E-state index in [9.17, 15) is 17.6 Å². The summed E-state index contributed by atoms with van der Waals surface area (Å²) in [6.45, 7) is 4.22. The number of hydrogen-bond acceptors (Lipinski definition) is 5. The van der Waals surface area contributed by atoms with Gasteiger partial charge in [-0.2, -0.15) is 4.31 Å². The summed E-state index contributed by atoms with van der Waals surface area (Å²) in [5.41, 5.74) is 1.24. The lowest BCUT2D eigenvalue weighted by Gasteiger charge is -2.30. The van der Waals surface area contributed by atoms with Crippen molar-refractivity contribution in [1.82, 2.24) is 14.6 Å². The SMILES string of the molecule is CC(=O)NCc1csc(C2CCN(S(=O)(=O)c3ccc(C)c(F)c3)CC2)n1. The first kappa shape index (κ1) is 19.9. The number of halogens is 1. The molecule has 1 aromatic heterocycles. The van der Waals surface area contributed by atoms with Crippen molar-refractivity contribution in [3.8, 4) is 0 Å². The predicted octanol–water partition coefficient (Wildman–Crippen LogP) is 2.80. The number of nitrogens with one attached hydrogen (secondary N) is 1. The number of piperidine rings is 1. The van der Waals surface area contributed by atoms with Gasteiger partial charge in [-0.15, -0.1) is 11.3 Å². The van der Waals surface area contributed by atoms with Crippen LogP contribution in [0.2, 0.25) is 0 Å². The van der Waals surface area contributed by atoms with Crippen molar-refractivity contribution in [1.29, 1.82) is 0 Å². The van der Waals surface area contributed by atoms with E-state index in [1.54, 1.807) is 6.92 Å². The molecule has 0 atom stereocenters. The highest BCUT2D eigenvalue weighted by atomic mass is 32.2. The standard InChI is InChI=1S/C18H22FN3O3S2/c1-12-3-4-16(9-17(12)19)27(24,25)22-7-5-14(6-8-22)18-21-15(11-26-18)10-20-13(2)23/h3-4,9,11,14H,5-8,10H2,1-2H3,(H,20,23). The van der Waals surface area contributed by atoms with E-state index in [1.807, 2.05) is 5.38 Å². The number of nitrogens with zero attached hydrogens (tertiary/aromatic N) is 2. The molecule has 2 aromatic rings. The van der Waals surface area contributed by atoms with Crippen LogP contribution in [0.3, 0.4) is 0 Å². The van der Waals surface area contributed by atoms with Crippen LogP contribution in [-0.4, -0.2) is 36.7 Å². The Balaban J connectivity index is 1.64. The topological polar surface area (TPSA) is 79.4 Å². The molecule has 2 heterocycles. The van der Waals surface area contributed by atoms with Gasteiger partial charge in [0.2, 0.25) is 15.9 Å². The van der Waals surface area contributed by atoms with Crippen molar-refractivity contribution >= 4 is 27.3 Å². The van der Waals surface area contributed by atoms with Crippen LogP contribution in [0.25, 0.3) is 0 Å². The molecule has 0 spiro atoms. The van der Waals surface area contributed by atoms with Crippen LogP contribution in [0.15, 0.2) is 28.5 Å². The number of amides is 1. The third-order valence-corrected chi connectivity index (χ3v) is 7.62. The molecule has 6 nitrogen and oxygen atoms in total. The van der Waals surface area contributed by atoms with E-state index in [-0.39, 0.29) is 16.7 Å². The number of sulfonamides is 1. The summed E-state index contributed by atoms with van der Waals surface area (Å²) >= 11 is 1.54. The zero-order chi connectivity index (χ0) is 19.6. The normalized spacial score (nSPS) is 16.4. The second kappa shape index (κ2) is 8.04. The highest BCUT2D eigenvalue weighted by Crippen LogP contribution is 2.32. The van der Waals surface area contributed by atoms with Crippen LogP contribution < -0.4 is 5.32 Å². The second-order valence-corrected chi connectivity index (χ2v) is 9.50. The third kappa shape index (κ3) is 4.53. The van der Waals surface area contributed by atoms with Gasteiger partial charge in [-0.3, -0.25) is 4.79 Å². The lowest BCUT2D eigenvalue weighted by molar-refractivity contribution is -0.119. The van der Waals surface area contributed by atoms with Gasteiger partial charge in [-0.05, 0) is 37.5 Å². The lowest BCUT2D eigenvalue weighted by atomic mass is 9.99. The molecule has 1 fully saturated rings. The molecule has 9 heteroatoms. The third-order valence-electron chi connectivity index (χ3n) is 4.67. The fraction of sp³-hybridized carbons (Fsp3) is 0.444. The number of hydrogen-bond donors (Lipinski definition) is 1. The van der Waals surface area contributed by atoms with Gasteiger partial charge >= 0.3 is 0 Å². The Hall–Kier alpha value is -1.84. The van der Waals surface area contributed by atoms with Crippen molar-refractivity contribution in [3.63, 3.8) is 0 Å². The maximum Gasteiger partial charge on any atom is 0.243 e. The molecular weight excluding hydrogens is 389 g/mol. The van der Waals surface area contributed by atoms with E-state index in [4.69, 9.17) is 0 Å². The molecule has 1 N–H and O–H groups in total. The van der Waals surface area contributed by atoms with Gasteiger partial charge in [0.1, 0.15) is 5.82 Å². The van der Waals surface area contributed by atoms with Gasteiger partial charge < -0.3 is 5.32 Å². The van der Waals surface area contributed by atoms with Crippen LogP contribution in [0, 0.1) is 12.7 Å². The van der Waals surface area contributed by atoms with Gasteiger partial charge in [0.05, 0.1) is 22.1 Å². The maximum absolute atomic E-state index is 13.8. The van der Waals surface area contributed by atoms with Crippen molar-refractivity contribution in [3.05, 3.63) is 45.7 Å². The van der Waals surface area contributed by atoms with E-state index in [0.29, 0.717) is 38.0 Å². The summed E-state index contributed by atoms with van der Waals surface area (Å²) in [7, 11) is -3.69. The van der Waals surface area contributed by atoms with Crippen molar-refractivity contribution in [2.75, 3.05) is 13.1 Å². The van der Waals surface area contributed by atoms with Crippen LogP contribution in [-0.2, 0) is 21.4 Å². The number of carbonyl (C=O) groups is 1. The molecule has 0 radical (unpaired) electrons.